The third-order valence-electron chi connectivity index (χ3n) is 1.43. The summed E-state index contributed by atoms with van der Waals surface area (Å²) in [5, 5.41) is 15.6. The van der Waals surface area contributed by atoms with Crippen molar-refractivity contribution in [3.05, 3.63) is 0 Å². The van der Waals surface area contributed by atoms with Crippen molar-refractivity contribution in [2.24, 2.45) is 5.92 Å². The fourth-order valence-electron chi connectivity index (χ4n) is 0.748. The van der Waals surface area contributed by atoms with E-state index in [1.54, 1.807) is 6.92 Å². The Kier molecular flexibility index (Phi) is 3.44. The van der Waals surface area contributed by atoms with Gasteiger partial charge in [0.15, 0.2) is 5.78 Å². The molecule has 0 aliphatic heterocycles. The number of hydrogen-bond acceptors (Lipinski definition) is 3. The largest absolute Gasteiger partial charge is 0.481 e. The number of ketones is 1. The molecule has 0 heterocycles. The maximum absolute atomic E-state index is 10.6. The SMILES string of the molecule is CCC(C(=N)C(C)=O)C(=O)O. The van der Waals surface area contributed by atoms with E-state index in [0.29, 0.717) is 0 Å². The van der Waals surface area contributed by atoms with Gasteiger partial charge in [-0.1, -0.05) is 6.92 Å². The molecule has 0 bridgehead atoms. The van der Waals surface area contributed by atoms with Crippen LogP contribution in [0.25, 0.3) is 0 Å². The van der Waals surface area contributed by atoms with Crippen LogP contribution < -0.4 is 0 Å². The Morgan fingerprint density at radius 2 is 2.00 bits per heavy atom. The molecule has 1 atom stereocenters. The number of nitrogens with one attached hydrogen (secondary N) is 1. The predicted molar refractivity (Wildman–Crippen MR) is 39.8 cm³/mol. The van der Waals surface area contributed by atoms with E-state index in [1.165, 1.54) is 6.92 Å². The van der Waals surface area contributed by atoms with Gasteiger partial charge in [-0.05, 0) is 6.42 Å². The number of hydrogen-bond donors (Lipinski definition) is 2. The Morgan fingerprint density at radius 1 is 1.55 bits per heavy atom. The van der Waals surface area contributed by atoms with Gasteiger partial charge in [-0.3, -0.25) is 9.59 Å². The summed E-state index contributed by atoms with van der Waals surface area (Å²) < 4.78 is 0. The fourth-order valence-corrected chi connectivity index (χ4v) is 0.748. The van der Waals surface area contributed by atoms with Gasteiger partial charge in [0.2, 0.25) is 0 Å². The first-order valence-corrected chi connectivity index (χ1v) is 3.32. The van der Waals surface area contributed by atoms with Gasteiger partial charge in [-0.2, -0.15) is 0 Å². The van der Waals surface area contributed by atoms with E-state index in [-0.39, 0.29) is 12.1 Å². The maximum atomic E-state index is 10.6. The predicted octanol–water partition coefficient (Wildman–Crippen LogP) is 0.706. The Labute approximate surface area is 64.7 Å². The second-order valence-corrected chi connectivity index (χ2v) is 2.27. The quantitative estimate of drug-likeness (QED) is 0.590. The number of carbonyl (C=O) groups excluding carboxylic acids is 1. The highest BCUT2D eigenvalue weighted by Crippen LogP contribution is 2.04. The van der Waals surface area contributed by atoms with Crippen LogP contribution in [0.4, 0.5) is 0 Å². The van der Waals surface area contributed by atoms with E-state index in [9.17, 15) is 9.59 Å². The van der Waals surface area contributed by atoms with Crippen LogP contribution in [0.1, 0.15) is 20.3 Å². The number of rotatable bonds is 4. The standard InChI is InChI=1S/C7H11NO3/c1-3-5(7(10)11)6(8)4(2)9/h5,8H,3H2,1-2H3,(H,10,11). The number of Topliss-reactive ketones (excluding diaryl/α,β-unsaturated/α-hetero) is 1. The van der Waals surface area contributed by atoms with Crippen molar-refractivity contribution in [2.75, 3.05) is 0 Å². The highest BCUT2D eigenvalue weighted by atomic mass is 16.4. The second kappa shape index (κ2) is 3.85. The first-order chi connectivity index (χ1) is 5.00. The van der Waals surface area contributed by atoms with Gasteiger partial charge in [0, 0.05) is 6.92 Å². The lowest BCUT2D eigenvalue weighted by molar-refractivity contribution is -0.139. The zero-order valence-electron chi connectivity index (χ0n) is 6.55. The molecule has 0 radical (unpaired) electrons. The van der Waals surface area contributed by atoms with Crippen LogP contribution in [0, 0.1) is 11.3 Å². The normalized spacial score (nSPS) is 12.2. The summed E-state index contributed by atoms with van der Waals surface area (Å²) in [6, 6.07) is 0. The van der Waals surface area contributed by atoms with Gasteiger partial charge in [0.25, 0.3) is 0 Å². The number of carboxylic acids is 1. The molecule has 0 amide bonds. The van der Waals surface area contributed by atoms with E-state index in [4.69, 9.17) is 10.5 Å². The van der Waals surface area contributed by atoms with Gasteiger partial charge >= 0.3 is 5.97 Å². The molecule has 4 nitrogen and oxygen atoms in total. The third kappa shape index (κ3) is 2.49. The van der Waals surface area contributed by atoms with Crippen molar-refractivity contribution in [1.82, 2.24) is 0 Å². The first kappa shape index (κ1) is 9.81. The minimum Gasteiger partial charge on any atom is -0.481 e. The van der Waals surface area contributed by atoms with Gasteiger partial charge in [0.05, 0.1) is 5.71 Å². The second-order valence-electron chi connectivity index (χ2n) is 2.27. The van der Waals surface area contributed by atoms with Crippen LogP contribution in [0.3, 0.4) is 0 Å². The summed E-state index contributed by atoms with van der Waals surface area (Å²) in [6.45, 7) is 2.84. The highest BCUT2D eigenvalue weighted by Gasteiger charge is 2.23. The summed E-state index contributed by atoms with van der Waals surface area (Å²) in [5.74, 6) is -2.51. The summed E-state index contributed by atoms with van der Waals surface area (Å²) in [7, 11) is 0. The minimum absolute atomic E-state index is 0.285. The van der Waals surface area contributed by atoms with E-state index >= 15 is 0 Å². The Morgan fingerprint density at radius 3 is 2.09 bits per heavy atom. The summed E-state index contributed by atoms with van der Waals surface area (Å²) in [5.41, 5.74) is -0.319. The molecule has 0 saturated heterocycles. The van der Waals surface area contributed by atoms with Crippen molar-refractivity contribution >= 4 is 17.5 Å². The molecule has 0 spiro atoms. The summed E-state index contributed by atoms with van der Waals surface area (Å²) >= 11 is 0. The van der Waals surface area contributed by atoms with Crippen molar-refractivity contribution in [3.8, 4) is 0 Å². The molecule has 11 heavy (non-hydrogen) atoms. The smallest absolute Gasteiger partial charge is 0.312 e. The first-order valence-electron chi connectivity index (χ1n) is 3.32. The molecular weight excluding hydrogens is 146 g/mol. The van der Waals surface area contributed by atoms with Crippen LogP contribution in [-0.4, -0.2) is 22.6 Å². The van der Waals surface area contributed by atoms with Crippen LogP contribution in [0.2, 0.25) is 0 Å². The van der Waals surface area contributed by atoms with Crippen molar-refractivity contribution < 1.29 is 14.7 Å². The van der Waals surface area contributed by atoms with Gasteiger partial charge in [-0.25, -0.2) is 0 Å². The van der Waals surface area contributed by atoms with Gasteiger partial charge < -0.3 is 10.5 Å². The lowest BCUT2D eigenvalue weighted by Crippen LogP contribution is -2.27. The van der Waals surface area contributed by atoms with Crippen LogP contribution in [-0.2, 0) is 9.59 Å². The molecule has 0 aromatic heterocycles. The van der Waals surface area contributed by atoms with E-state index in [1.807, 2.05) is 0 Å². The monoisotopic (exact) mass is 157 g/mol. The Bertz CT molecular complexity index is 198. The van der Waals surface area contributed by atoms with Crippen LogP contribution >= 0.6 is 0 Å². The average molecular weight is 157 g/mol. The molecule has 0 aliphatic rings. The average Bonchev–Trinajstić information content (AvgIpc) is 1.88. The molecule has 0 aromatic carbocycles. The maximum Gasteiger partial charge on any atom is 0.312 e. The third-order valence-corrected chi connectivity index (χ3v) is 1.43. The molecule has 0 aromatic rings. The lowest BCUT2D eigenvalue weighted by atomic mass is 9.98. The molecule has 4 heteroatoms. The van der Waals surface area contributed by atoms with Crippen LogP contribution in [0.5, 0.6) is 0 Å². The van der Waals surface area contributed by atoms with E-state index < -0.39 is 17.7 Å². The molecule has 62 valence electrons. The Hall–Kier alpha value is -1.19. The molecule has 0 rings (SSSR count). The summed E-state index contributed by atoms with van der Waals surface area (Å²) in [4.78, 5) is 20.9. The topological polar surface area (TPSA) is 78.2 Å². The lowest BCUT2D eigenvalue weighted by Gasteiger charge is -2.07. The molecule has 0 aliphatic carbocycles. The molecule has 0 saturated carbocycles. The van der Waals surface area contributed by atoms with E-state index in [0.717, 1.165) is 0 Å². The zero-order valence-corrected chi connectivity index (χ0v) is 6.55. The number of carboxylic acid groups (broad SMARTS) is 1. The molecule has 1 unspecified atom stereocenters. The molecular formula is C7H11NO3. The molecule has 2 N–H and O–H groups in total. The highest BCUT2D eigenvalue weighted by molar-refractivity contribution is 6.41. The van der Waals surface area contributed by atoms with Crippen LogP contribution in [0.15, 0.2) is 0 Å². The van der Waals surface area contributed by atoms with Crippen molar-refractivity contribution in [2.45, 2.75) is 20.3 Å². The number of carbonyl (C=O) groups is 2. The zero-order chi connectivity index (χ0) is 9.02. The Balaban J connectivity index is 4.39. The van der Waals surface area contributed by atoms with Gasteiger partial charge in [0.1, 0.15) is 5.92 Å². The van der Waals surface area contributed by atoms with Crippen molar-refractivity contribution in [3.63, 3.8) is 0 Å². The minimum atomic E-state index is -1.10. The molecule has 0 fully saturated rings. The fraction of sp³-hybridized carbons (Fsp3) is 0.571. The van der Waals surface area contributed by atoms with Crippen molar-refractivity contribution in [1.29, 1.82) is 5.41 Å². The number of aliphatic carboxylic acids is 1. The van der Waals surface area contributed by atoms with E-state index in [2.05, 4.69) is 0 Å². The summed E-state index contributed by atoms with van der Waals surface area (Å²) in [6.07, 6.45) is 0.285. The van der Waals surface area contributed by atoms with Gasteiger partial charge in [-0.15, -0.1) is 0 Å².